The van der Waals surface area contributed by atoms with Gasteiger partial charge in [-0.3, -0.25) is 9.89 Å². The number of hydrogen-bond donors (Lipinski definition) is 1. The summed E-state index contributed by atoms with van der Waals surface area (Å²) in [6.07, 6.45) is 1.74. The lowest BCUT2D eigenvalue weighted by atomic mass is 10.1. The third-order valence-corrected chi connectivity index (χ3v) is 2.59. The van der Waals surface area contributed by atoms with E-state index in [2.05, 4.69) is 11.6 Å². The molecule has 1 heterocycles. The molecule has 0 bridgehead atoms. The van der Waals surface area contributed by atoms with Gasteiger partial charge < -0.3 is 10.5 Å². The van der Waals surface area contributed by atoms with Gasteiger partial charge in [0.15, 0.2) is 0 Å². The predicted molar refractivity (Wildman–Crippen MR) is 65.9 cm³/mol. The summed E-state index contributed by atoms with van der Waals surface area (Å²) in [7, 11) is 1.74. The maximum Gasteiger partial charge on any atom is 0.146 e. The van der Waals surface area contributed by atoms with Gasteiger partial charge in [-0.05, 0) is 17.7 Å². The van der Waals surface area contributed by atoms with Crippen molar-refractivity contribution in [2.45, 2.75) is 6.54 Å². The molecule has 84 valence electrons. The molecule has 4 nitrogen and oxygen atoms in total. The van der Waals surface area contributed by atoms with Gasteiger partial charge in [-0.2, -0.15) is 0 Å². The Kier molecular flexibility index (Phi) is 2.92. The Bertz CT molecular complexity index is 440. The van der Waals surface area contributed by atoms with Crippen LogP contribution in [0, 0.1) is 0 Å². The molecule has 0 radical (unpaired) electrons. The third-order valence-electron chi connectivity index (χ3n) is 2.59. The van der Waals surface area contributed by atoms with Gasteiger partial charge in [0, 0.05) is 19.8 Å². The molecule has 1 aromatic carbocycles. The van der Waals surface area contributed by atoms with Gasteiger partial charge in [-0.1, -0.05) is 12.6 Å². The van der Waals surface area contributed by atoms with E-state index in [1.54, 1.807) is 13.2 Å². The molecule has 2 rings (SSSR count). The fourth-order valence-corrected chi connectivity index (χ4v) is 1.73. The highest BCUT2D eigenvalue weighted by atomic mass is 16.5. The summed E-state index contributed by atoms with van der Waals surface area (Å²) in [4.78, 5) is 6.10. The van der Waals surface area contributed by atoms with E-state index in [-0.39, 0.29) is 0 Å². The molecule has 0 atom stereocenters. The molecule has 0 saturated carbocycles. The van der Waals surface area contributed by atoms with E-state index in [4.69, 9.17) is 10.5 Å². The molecule has 1 aliphatic rings. The van der Waals surface area contributed by atoms with Crippen molar-refractivity contribution in [1.82, 2.24) is 0 Å². The highest BCUT2D eigenvalue weighted by molar-refractivity contribution is 6.03. The highest BCUT2D eigenvalue weighted by Gasteiger charge is 2.21. The SMILES string of the molecule is C=CN1/C(=N\C)COc2ccc(CN)cc21. The van der Waals surface area contributed by atoms with E-state index in [1.807, 2.05) is 23.1 Å². The van der Waals surface area contributed by atoms with Crippen LogP contribution in [0.1, 0.15) is 5.56 Å². The zero-order valence-corrected chi connectivity index (χ0v) is 9.31. The Balaban J connectivity index is 2.50. The number of ether oxygens (including phenoxy) is 1. The standard InChI is InChI=1S/C12H15N3O/c1-3-15-10-6-9(7-13)4-5-11(10)16-8-12(15)14-2/h3-6H,1,7-8,13H2,2H3/b14-12-. The summed E-state index contributed by atoms with van der Waals surface area (Å²) in [5, 5.41) is 0. The van der Waals surface area contributed by atoms with Crippen LogP contribution in [0.15, 0.2) is 36.0 Å². The number of nitrogens with two attached hydrogens (primary N) is 1. The molecule has 0 amide bonds. The van der Waals surface area contributed by atoms with Gasteiger partial charge in [0.05, 0.1) is 5.69 Å². The topological polar surface area (TPSA) is 50.8 Å². The van der Waals surface area contributed by atoms with E-state index < -0.39 is 0 Å². The van der Waals surface area contributed by atoms with Gasteiger partial charge in [0.1, 0.15) is 18.2 Å². The Hall–Kier alpha value is -1.81. The average molecular weight is 217 g/mol. The summed E-state index contributed by atoms with van der Waals surface area (Å²) >= 11 is 0. The quantitative estimate of drug-likeness (QED) is 0.817. The van der Waals surface area contributed by atoms with Gasteiger partial charge in [0.25, 0.3) is 0 Å². The fourth-order valence-electron chi connectivity index (χ4n) is 1.73. The molecule has 0 spiro atoms. The van der Waals surface area contributed by atoms with E-state index >= 15 is 0 Å². The largest absolute Gasteiger partial charge is 0.483 e. The number of anilines is 1. The molecular formula is C12H15N3O. The number of hydrogen-bond acceptors (Lipinski definition) is 3. The minimum atomic E-state index is 0.470. The predicted octanol–water partition coefficient (Wildman–Crippen LogP) is 1.52. The number of aliphatic imine (C=N–C) groups is 1. The second kappa shape index (κ2) is 4.37. The second-order valence-corrected chi connectivity index (χ2v) is 3.49. The van der Waals surface area contributed by atoms with Gasteiger partial charge >= 0.3 is 0 Å². The number of rotatable bonds is 2. The maximum atomic E-state index is 5.62. The molecule has 4 heteroatoms. The summed E-state index contributed by atoms with van der Waals surface area (Å²) < 4.78 is 5.60. The van der Waals surface area contributed by atoms with Gasteiger partial charge in [0.2, 0.25) is 0 Å². The molecule has 0 aliphatic carbocycles. The summed E-state index contributed by atoms with van der Waals surface area (Å²) in [6.45, 7) is 4.78. The molecule has 1 aliphatic heterocycles. The Morgan fingerprint density at radius 3 is 3.06 bits per heavy atom. The van der Waals surface area contributed by atoms with Crippen LogP contribution in [0.4, 0.5) is 5.69 Å². The molecule has 0 unspecified atom stereocenters. The van der Waals surface area contributed by atoms with Crippen LogP contribution in [-0.2, 0) is 6.54 Å². The van der Waals surface area contributed by atoms with Crippen LogP contribution in [0.25, 0.3) is 0 Å². The number of nitrogens with zero attached hydrogens (tertiary/aromatic N) is 2. The van der Waals surface area contributed by atoms with E-state index in [0.717, 1.165) is 22.8 Å². The van der Waals surface area contributed by atoms with Crippen LogP contribution in [-0.4, -0.2) is 19.5 Å². The molecule has 0 saturated heterocycles. The lowest BCUT2D eigenvalue weighted by molar-refractivity contribution is 0.368. The van der Waals surface area contributed by atoms with Crippen LogP contribution in [0.5, 0.6) is 5.75 Å². The molecule has 1 aromatic rings. The zero-order valence-electron chi connectivity index (χ0n) is 9.31. The zero-order chi connectivity index (χ0) is 11.5. The van der Waals surface area contributed by atoms with E-state index in [0.29, 0.717) is 13.2 Å². The van der Waals surface area contributed by atoms with Crippen molar-refractivity contribution in [3.63, 3.8) is 0 Å². The van der Waals surface area contributed by atoms with Crippen molar-refractivity contribution in [3.8, 4) is 5.75 Å². The van der Waals surface area contributed by atoms with Crippen LogP contribution in [0.2, 0.25) is 0 Å². The van der Waals surface area contributed by atoms with Crippen molar-refractivity contribution < 1.29 is 4.74 Å². The number of fused-ring (bicyclic) bond motifs is 1. The average Bonchev–Trinajstić information content (AvgIpc) is 2.36. The lowest BCUT2D eigenvalue weighted by Gasteiger charge is -2.29. The monoisotopic (exact) mass is 217 g/mol. The molecule has 2 N–H and O–H groups in total. The van der Waals surface area contributed by atoms with Crippen molar-refractivity contribution in [2.75, 3.05) is 18.6 Å². The minimum Gasteiger partial charge on any atom is -0.483 e. The smallest absolute Gasteiger partial charge is 0.146 e. The van der Waals surface area contributed by atoms with E-state index in [9.17, 15) is 0 Å². The molecule has 0 fully saturated rings. The molecule has 16 heavy (non-hydrogen) atoms. The second-order valence-electron chi connectivity index (χ2n) is 3.49. The van der Waals surface area contributed by atoms with Gasteiger partial charge in [-0.15, -0.1) is 0 Å². The first-order valence-corrected chi connectivity index (χ1v) is 5.13. The Labute approximate surface area is 95.0 Å². The first-order chi connectivity index (χ1) is 7.80. The van der Waals surface area contributed by atoms with Crippen molar-refractivity contribution >= 4 is 11.5 Å². The molecule has 0 aromatic heterocycles. The highest BCUT2D eigenvalue weighted by Crippen LogP contribution is 2.33. The minimum absolute atomic E-state index is 0.470. The van der Waals surface area contributed by atoms with Crippen LogP contribution < -0.4 is 15.4 Å². The first-order valence-electron chi connectivity index (χ1n) is 5.13. The van der Waals surface area contributed by atoms with Crippen LogP contribution >= 0.6 is 0 Å². The van der Waals surface area contributed by atoms with Crippen molar-refractivity contribution in [3.05, 3.63) is 36.5 Å². The van der Waals surface area contributed by atoms with Gasteiger partial charge in [-0.25, -0.2) is 0 Å². The Morgan fingerprint density at radius 2 is 2.44 bits per heavy atom. The summed E-state index contributed by atoms with van der Waals surface area (Å²) in [5.41, 5.74) is 7.63. The summed E-state index contributed by atoms with van der Waals surface area (Å²) in [6, 6.07) is 5.90. The Morgan fingerprint density at radius 1 is 1.62 bits per heavy atom. The fraction of sp³-hybridized carbons (Fsp3) is 0.250. The molecular weight excluding hydrogens is 202 g/mol. The van der Waals surface area contributed by atoms with Crippen molar-refractivity contribution in [2.24, 2.45) is 10.7 Å². The third kappa shape index (κ3) is 1.67. The summed E-state index contributed by atoms with van der Waals surface area (Å²) in [5.74, 6) is 1.68. The number of amidine groups is 1. The normalized spacial score (nSPS) is 16.9. The maximum absolute atomic E-state index is 5.62. The lowest BCUT2D eigenvalue weighted by Crippen LogP contribution is -2.34. The van der Waals surface area contributed by atoms with E-state index in [1.165, 1.54) is 0 Å². The first kappa shape index (κ1) is 10.7. The number of benzene rings is 1. The van der Waals surface area contributed by atoms with Crippen molar-refractivity contribution in [1.29, 1.82) is 0 Å². The van der Waals surface area contributed by atoms with Crippen LogP contribution in [0.3, 0.4) is 0 Å².